The quantitative estimate of drug-likeness (QED) is 0.162. The number of benzene rings is 3. The molecule has 16 heteroatoms. The molecule has 7 nitrogen and oxygen atoms in total. The Hall–Kier alpha value is -4.57. The number of likely N-dealkylation sites (tertiary alicyclic amines) is 2. The first-order valence-corrected chi connectivity index (χ1v) is 17.8. The van der Waals surface area contributed by atoms with Crippen molar-refractivity contribution in [3.63, 3.8) is 0 Å². The number of halogens is 9. The Morgan fingerprint density at radius 1 is 0.855 bits per heavy atom. The van der Waals surface area contributed by atoms with Gasteiger partial charge in [0.2, 0.25) is 0 Å². The fraction of sp³-hybridized carbons (Fsp3) is 0.436. The highest BCUT2D eigenvalue weighted by Crippen LogP contribution is 2.41. The van der Waals surface area contributed by atoms with Gasteiger partial charge in [-0.25, -0.2) is 4.98 Å². The number of rotatable bonds is 10. The Bertz CT molecular complexity index is 1960. The molecule has 0 aliphatic carbocycles. The van der Waals surface area contributed by atoms with Crippen LogP contribution in [-0.2, 0) is 12.7 Å². The summed E-state index contributed by atoms with van der Waals surface area (Å²) in [7, 11) is 1.13. The number of hydrogen-bond acceptors (Lipinski definition) is 6. The summed E-state index contributed by atoms with van der Waals surface area (Å²) in [5.74, 6) is -1.95. The maximum absolute atomic E-state index is 14.6. The summed E-state index contributed by atoms with van der Waals surface area (Å²) in [6.07, 6.45) is -9.68. The number of nitrogens with zero attached hydrogens (tertiary/aromatic N) is 3. The predicted octanol–water partition coefficient (Wildman–Crippen LogP) is 9.35. The van der Waals surface area contributed by atoms with Gasteiger partial charge >= 0.3 is 18.5 Å². The first-order valence-electron chi connectivity index (χ1n) is 17.8. The topological polar surface area (TPSA) is 66.9 Å². The van der Waals surface area contributed by atoms with E-state index in [9.17, 15) is 44.3 Å². The Morgan fingerprint density at radius 3 is 2.16 bits per heavy atom. The lowest BCUT2D eigenvalue weighted by Gasteiger charge is -2.40. The number of carbonyl (C=O) groups excluding carboxylic acids is 1. The normalized spacial score (nSPS) is 17.3. The molecule has 296 valence electrons. The van der Waals surface area contributed by atoms with Crippen LogP contribution in [0.25, 0.3) is 22.2 Å². The minimum atomic E-state index is -4.98. The van der Waals surface area contributed by atoms with Crippen molar-refractivity contribution in [1.29, 1.82) is 0 Å². The van der Waals surface area contributed by atoms with Crippen molar-refractivity contribution >= 4 is 16.8 Å². The average molecular weight is 783 g/mol. The Kier molecular flexibility index (Phi) is 11.9. The van der Waals surface area contributed by atoms with E-state index < -0.39 is 48.4 Å². The van der Waals surface area contributed by atoms with E-state index in [0.29, 0.717) is 19.1 Å². The molecular weight excluding hydrogens is 743 g/mol. The molecule has 1 N–H and O–H groups in total. The van der Waals surface area contributed by atoms with E-state index in [1.54, 1.807) is 0 Å². The smallest absolute Gasteiger partial charge is 0.422 e. The zero-order chi connectivity index (χ0) is 39.5. The van der Waals surface area contributed by atoms with Crippen LogP contribution >= 0.6 is 0 Å². The molecule has 2 aliphatic heterocycles. The number of fused-ring (bicyclic) bond motifs is 1. The van der Waals surface area contributed by atoms with Crippen molar-refractivity contribution < 1.29 is 53.8 Å². The van der Waals surface area contributed by atoms with E-state index in [1.807, 2.05) is 4.90 Å². The number of pyridine rings is 1. The Balaban J connectivity index is 1.54. The molecular formula is C39H39F9N4O3. The SMILES string of the molecule is COc1cc2c(C(=O)N[C@H](c3ccccc3)C(F)(F)F)c(CN3CCC(N4CCCCC4)CC3)c(-c3cccc(C(F)(F)F)c3)nc2cc1OCC(F)(F)F. The third-order valence-corrected chi connectivity index (χ3v) is 10.0. The number of amides is 1. The highest BCUT2D eigenvalue weighted by molar-refractivity contribution is 6.10. The molecule has 3 heterocycles. The summed E-state index contributed by atoms with van der Waals surface area (Å²) in [5, 5.41) is 2.00. The van der Waals surface area contributed by atoms with Crippen molar-refractivity contribution in [3.05, 3.63) is 89.0 Å². The number of carbonyl (C=O) groups is 1. The Morgan fingerprint density at radius 2 is 1.55 bits per heavy atom. The Labute approximate surface area is 311 Å². The van der Waals surface area contributed by atoms with E-state index in [2.05, 4.69) is 15.2 Å². The van der Waals surface area contributed by atoms with E-state index in [1.165, 1.54) is 36.4 Å². The molecule has 4 aromatic rings. The number of hydrogen-bond donors (Lipinski definition) is 1. The lowest BCUT2D eigenvalue weighted by molar-refractivity contribution is -0.155. The van der Waals surface area contributed by atoms with Crippen LogP contribution in [0.1, 0.15) is 65.2 Å². The zero-order valence-electron chi connectivity index (χ0n) is 29.8. The summed E-state index contributed by atoms with van der Waals surface area (Å²) in [5.41, 5.74) is -2.10. The van der Waals surface area contributed by atoms with Gasteiger partial charge in [0.25, 0.3) is 5.91 Å². The van der Waals surface area contributed by atoms with Gasteiger partial charge < -0.3 is 19.7 Å². The number of ether oxygens (including phenoxy) is 2. The maximum Gasteiger partial charge on any atom is 0.422 e. The lowest BCUT2D eigenvalue weighted by Crippen LogP contribution is -2.46. The molecule has 2 saturated heterocycles. The minimum absolute atomic E-state index is 0.0424. The number of nitrogens with one attached hydrogen (secondary N) is 1. The molecule has 0 radical (unpaired) electrons. The number of alkyl halides is 9. The van der Waals surface area contributed by atoms with Crippen molar-refractivity contribution in [2.45, 2.75) is 69.3 Å². The molecule has 55 heavy (non-hydrogen) atoms. The highest BCUT2D eigenvalue weighted by Gasteiger charge is 2.43. The molecule has 0 unspecified atom stereocenters. The van der Waals surface area contributed by atoms with Crippen molar-refractivity contribution in [3.8, 4) is 22.8 Å². The molecule has 6 rings (SSSR count). The lowest BCUT2D eigenvalue weighted by atomic mass is 9.93. The second-order valence-corrected chi connectivity index (χ2v) is 13.8. The molecule has 0 saturated carbocycles. The summed E-state index contributed by atoms with van der Waals surface area (Å²) in [6.45, 7) is 1.17. The summed E-state index contributed by atoms with van der Waals surface area (Å²) >= 11 is 0. The van der Waals surface area contributed by atoms with Gasteiger partial charge in [0.05, 0.1) is 29.4 Å². The monoisotopic (exact) mass is 782 g/mol. The van der Waals surface area contributed by atoms with Crippen LogP contribution in [0.3, 0.4) is 0 Å². The van der Waals surface area contributed by atoms with Crippen LogP contribution in [0.2, 0.25) is 0 Å². The van der Waals surface area contributed by atoms with Gasteiger partial charge in [-0.2, -0.15) is 39.5 Å². The second kappa shape index (κ2) is 16.3. The van der Waals surface area contributed by atoms with E-state index in [0.717, 1.165) is 82.6 Å². The summed E-state index contributed by atoms with van der Waals surface area (Å²) < 4.78 is 136. The van der Waals surface area contributed by atoms with Gasteiger partial charge in [0, 0.05) is 35.2 Å². The van der Waals surface area contributed by atoms with Gasteiger partial charge in [-0.1, -0.05) is 48.9 Å². The van der Waals surface area contributed by atoms with Crippen LogP contribution in [0, 0.1) is 0 Å². The molecule has 0 bridgehead atoms. The maximum atomic E-state index is 14.6. The third-order valence-electron chi connectivity index (χ3n) is 10.0. The van der Waals surface area contributed by atoms with E-state index >= 15 is 0 Å². The van der Waals surface area contributed by atoms with E-state index in [4.69, 9.17) is 9.47 Å². The van der Waals surface area contributed by atoms with Crippen molar-refractivity contribution in [2.24, 2.45) is 0 Å². The minimum Gasteiger partial charge on any atom is -0.493 e. The zero-order valence-corrected chi connectivity index (χ0v) is 29.8. The van der Waals surface area contributed by atoms with Crippen LogP contribution in [-0.4, -0.2) is 79.0 Å². The van der Waals surface area contributed by atoms with Crippen LogP contribution < -0.4 is 14.8 Å². The van der Waals surface area contributed by atoms with Gasteiger partial charge in [0.1, 0.15) is 0 Å². The second-order valence-electron chi connectivity index (χ2n) is 13.8. The van der Waals surface area contributed by atoms with E-state index in [-0.39, 0.29) is 51.1 Å². The first kappa shape index (κ1) is 40.1. The molecule has 3 aromatic carbocycles. The van der Waals surface area contributed by atoms with Crippen LogP contribution in [0.5, 0.6) is 11.5 Å². The molecule has 1 amide bonds. The molecule has 0 spiro atoms. The van der Waals surface area contributed by atoms with Gasteiger partial charge in [-0.05, 0) is 75.6 Å². The standard InChI is InChI=1S/C39H39F9N4O3/c1-54-31-20-28-30(21-32(31)55-23-37(40,41)42)49-34(25-11-8-12-26(19-25)38(43,44)45)29(22-51-17-13-27(14-18-51)52-15-6-3-7-16-52)33(28)36(53)50-35(39(46,47)48)24-9-4-2-5-10-24/h2,4-5,8-12,19-21,27,35H,3,6-7,13-18,22-23H2,1H3,(H,50,53)/t35-/m1/s1. The van der Waals surface area contributed by atoms with Crippen LogP contribution in [0.4, 0.5) is 39.5 Å². The van der Waals surface area contributed by atoms with Crippen LogP contribution in [0.15, 0.2) is 66.7 Å². The van der Waals surface area contributed by atoms with Crippen molar-refractivity contribution in [2.75, 3.05) is 39.9 Å². The first-order chi connectivity index (χ1) is 26.0. The van der Waals surface area contributed by atoms with Gasteiger partial charge in [-0.15, -0.1) is 0 Å². The summed E-state index contributed by atoms with van der Waals surface area (Å²) in [4.78, 5) is 23.5. The predicted molar refractivity (Wildman–Crippen MR) is 187 cm³/mol. The number of piperidine rings is 2. The summed E-state index contributed by atoms with van der Waals surface area (Å²) in [6, 6.07) is 10.7. The van der Waals surface area contributed by atoms with Crippen molar-refractivity contribution in [1.82, 2.24) is 20.1 Å². The molecule has 2 aliphatic rings. The molecule has 1 aromatic heterocycles. The average Bonchev–Trinajstić information content (AvgIpc) is 3.15. The van der Waals surface area contributed by atoms with Gasteiger partial charge in [-0.3, -0.25) is 9.69 Å². The molecule has 1 atom stereocenters. The highest BCUT2D eigenvalue weighted by atomic mass is 19.4. The fourth-order valence-corrected chi connectivity index (χ4v) is 7.39. The third kappa shape index (κ3) is 9.63. The van der Waals surface area contributed by atoms with Gasteiger partial charge in [0.15, 0.2) is 24.1 Å². The largest absolute Gasteiger partial charge is 0.493 e. The number of methoxy groups -OCH3 is 1. The molecule has 2 fully saturated rings. The number of aromatic nitrogens is 1. The fourth-order valence-electron chi connectivity index (χ4n) is 7.39.